The number of nitrogens with one attached hydrogen (secondary N) is 1. The molecule has 0 bridgehead atoms. The number of halogens is 1. The van der Waals surface area contributed by atoms with Crippen LogP contribution in [-0.4, -0.2) is 41.2 Å². The van der Waals surface area contributed by atoms with Crippen LogP contribution in [0.25, 0.3) is 22.4 Å². The van der Waals surface area contributed by atoms with E-state index in [4.69, 9.17) is 4.98 Å². The third-order valence-electron chi connectivity index (χ3n) is 7.05. The van der Waals surface area contributed by atoms with E-state index < -0.39 is 27.8 Å². The van der Waals surface area contributed by atoms with E-state index in [0.29, 0.717) is 24.2 Å². The summed E-state index contributed by atoms with van der Waals surface area (Å²) in [4.78, 5) is 22.4. The average Bonchev–Trinajstić information content (AvgIpc) is 3.34. The summed E-state index contributed by atoms with van der Waals surface area (Å²) < 4.78 is 29.2. The van der Waals surface area contributed by atoms with Gasteiger partial charge in [0.2, 0.25) is 0 Å². The zero-order chi connectivity index (χ0) is 29.1. The second-order valence-corrected chi connectivity index (χ2v) is 13.2. The highest BCUT2D eigenvalue weighted by molar-refractivity contribution is 7.90. The normalized spacial score (nSPS) is 15.9. The molecule has 0 spiro atoms. The minimum Gasteiger partial charge on any atom is -0.597 e. The summed E-state index contributed by atoms with van der Waals surface area (Å²) in [5, 5.41) is 12.8. The largest absolute Gasteiger partial charge is 0.597 e. The molecular formula is C32H33FN4O3S. The van der Waals surface area contributed by atoms with Gasteiger partial charge in [-0.1, -0.05) is 42.5 Å². The van der Waals surface area contributed by atoms with Gasteiger partial charge in [0.15, 0.2) is 0 Å². The highest BCUT2D eigenvalue weighted by atomic mass is 32.2. The smallest absolute Gasteiger partial charge is 0.270 e. The van der Waals surface area contributed by atoms with Crippen molar-refractivity contribution in [1.82, 2.24) is 19.6 Å². The van der Waals surface area contributed by atoms with E-state index in [1.165, 1.54) is 6.07 Å². The molecule has 1 aliphatic heterocycles. The van der Waals surface area contributed by atoms with Crippen LogP contribution in [0, 0.1) is 5.82 Å². The number of aliphatic hydroxyl groups excluding tert-OH is 1. The molecule has 0 unspecified atom stereocenters. The fraction of sp³-hybridized carbons (Fsp3) is 0.281. The molecule has 0 radical (unpaired) electrons. The molecule has 2 aromatic heterocycles. The van der Waals surface area contributed by atoms with Gasteiger partial charge in [-0.05, 0) is 62.6 Å². The van der Waals surface area contributed by atoms with Crippen LogP contribution < -0.4 is 5.32 Å². The van der Waals surface area contributed by atoms with Crippen LogP contribution >= 0.6 is 0 Å². The quantitative estimate of drug-likeness (QED) is 0.267. The van der Waals surface area contributed by atoms with E-state index in [-0.39, 0.29) is 24.9 Å². The van der Waals surface area contributed by atoms with Gasteiger partial charge in [-0.25, -0.2) is 9.37 Å². The highest BCUT2D eigenvalue weighted by Crippen LogP contribution is 2.45. The van der Waals surface area contributed by atoms with Gasteiger partial charge >= 0.3 is 0 Å². The monoisotopic (exact) mass is 572 g/mol. The predicted molar refractivity (Wildman–Crippen MR) is 158 cm³/mol. The molecule has 41 heavy (non-hydrogen) atoms. The molecule has 0 fully saturated rings. The Morgan fingerprint density at radius 2 is 1.85 bits per heavy atom. The second-order valence-electron chi connectivity index (χ2n) is 11.0. The maximum atomic E-state index is 14.2. The number of carbonyl (C=O) groups excluding carboxylic acids is 1. The molecule has 0 saturated heterocycles. The first kappa shape index (κ1) is 28.9. The molecular weight excluding hydrogens is 539 g/mol. The van der Waals surface area contributed by atoms with Crippen LogP contribution in [0.4, 0.5) is 4.39 Å². The summed E-state index contributed by atoms with van der Waals surface area (Å²) in [5.41, 5.74) is 5.50. The van der Waals surface area contributed by atoms with Gasteiger partial charge in [0.25, 0.3) is 5.91 Å². The van der Waals surface area contributed by atoms with E-state index in [1.807, 2.05) is 61.5 Å². The Bertz CT molecular complexity index is 1540. The van der Waals surface area contributed by atoms with E-state index >= 15 is 0 Å². The van der Waals surface area contributed by atoms with Gasteiger partial charge in [0.05, 0.1) is 18.3 Å². The Hall–Kier alpha value is -3.63. The minimum absolute atomic E-state index is 0.0173. The molecule has 1 aliphatic rings. The molecule has 0 aliphatic carbocycles. The van der Waals surface area contributed by atoms with Crippen molar-refractivity contribution in [2.45, 2.75) is 51.1 Å². The van der Waals surface area contributed by atoms with Crippen molar-refractivity contribution < 1.29 is 18.8 Å². The number of aromatic nitrogens is 2. The Kier molecular flexibility index (Phi) is 8.51. The van der Waals surface area contributed by atoms with Gasteiger partial charge in [0.1, 0.15) is 16.3 Å². The van der Waals surface area contributed by atoms with Crippen molar-refractivity contribution in [2.24, 2.45) is 0 Å². The SMILES string of the molecule is CC(C)(C)[S@@+]([O-])N1Cc2cc(C(=O)NCc3ccccc3F)nc(-c3cccc(-c4cccnc4)c3)c2[C@H]1CCO. The van der Waals surface area contributed by atoms with Crippen LogP contribution in [0.1, 0.15) is 60.4 Å². The molecule has 4 aromatic rings. The third-order valence-corrected chi connectivity index (χ3v) is 8.91. The maximum absolute atomic E-state index is 14.2. The van der Waals surface area contributed by atoms with Gasteiger partial charge in [0, 0.05) is 59.2 Å². The molecule has 1 amide bonds. The Morgan fingerprint density at radius 3 is 2.56 bits per heavy atom. The number of benzene rings is 2. The molecule has 9 heteroatoms. The van der Waals surface area contributed by atoms with E-state index in [9.17, 15) is 18.8 Å². The lowest BCUT2D eigenvalue weighted by Gasteiger charge is -2.33. The van der Waals surface area contributed by atoms with Crippen molar-refractivity contribution >= 4 is 17.3 Å². The van der Waals surface area contributed by atoms with Gasteiger partial charge in [-0.2, -0.15) is 0 Å². The Labute approximate surface area is 242 Å². The standard InChI is InChI=1S/C32H33FN4O3S/c1-32(2,3)41(40)37-20-25-17-27(31(39)35-19-24-8-4-5-12-26(24)33)36-30(29(25)28(37)13-15-38)22-10-6-9-21(16-22)23-11-7-14-34-18-23/h4-12,14,16-18,28,38H,13,15,19-20H2,1-3H3,(H,35,39)/t28-,41-/m1/s1. The maximum Gasteiger partial charge on any atom is 0.270 e. The molecule has 5 rings (SSSR count). The summed E-state index contributed by atoms with van der Waals surface area (Å²) in [6.45, 7) is 6.02. The lowest BCUT2D eigenvalue weighted by Crippen LogP contribution is -2.42. The number of pyridine rings is 2. The number of hydrogen-bond acceptors (Lipinski definition) is 6. The fourth-order valence-electron chi connectivity index (χ4n) is 5.09. The summed E-state index contributed by atoms with van der Waals surface area (Å²) in [6.07, 6.45) is 3.87. The first-order valence-corrected chi connectivity index (χ1v) is 14.6. The number of aliphatic hydroxyl groups is 1. The van der Waals surface area contributed by atoms with Gasteiger partial charge in [-0.3, -0.25) is 9.78 Å². The summed E-state index contributed by atoms with van der Waals surface area (Å²) in [5.74, 6) is -0.829. The van der Waals surface area contributed by atoms with Gasteiger partial charge in [-0.15, -0.1) is 4.31 Å². The molecule has 0 saturated carbocycles. The van der Waals surface area contributed by atoms with Crippen LogP contribution in [0.15, 0.2) is 79.1 Å². The summed E-state index contributed by atoms with van der Waals surface area (Å²) in [7, 11) is 0. The number of hydrogen-bond donors (Lipinski definition) is 2. The lowest BCUT2D eigenvalue weighted by molar-refractivity contribution is 0.0945. The lowest BCUT2D eigenvalue weighted by atomic mass is 9.94. The highest BCUT2D eigenvalue weighted by Gasteiger charge is 2.44. The van der Waals surface area contributed by atoms with Crippen molar-refractivity contribution in [3.63, 3.8) is 0 Å². The van der Waals surface area contributed by atoms with Crippen molar-refractivity contribution in [3.8, 4) is 22.4 Å². The first-order valence-electron chi connectivity index (χ1n) is 13.5. The van der Waals surface area contributed by atoms with Crippen molar-refractivity contribution in [3.05, 3.63) is 107 Å². The number of fused-ring (bicyclic) bond motifs is 1. The second kappa shape index (κ2) is 12.1. The molecule has 212 valence electrons. The number of rotatable bonds is 8. The Balaban J connectivity index is 1.60. The number of amides is 1. The molecule has 2 aromatic carbocycles. The van der Waals surface area contributed by atoms with E-state index in [2.05, 4.69) is 10.3 Å². The molecule has 7 nitrogen and oxygen atoms in total. The van der Waals surface area contributed by atoms with Crippen LogP contribution in [0.2, 0.25) is 0 Å². The zero-order valence-electron chi connectivity index (χ0n) is 23.3. The Morgan fingerprint density at radius 1 is 1.10 bits per heavy atom. The predicted octanol–water partition coefficient (Wildman–Crippen LogP) is 5.58. The van der Waals surface area contributed by atoms with E-state index in [0.717, 1.165) is 27.8 Å². The first-order chi connectivity index (χ1) is 19.7. The van der Waals surface area contributed by atoms with Crippen molar-refractivity contribution in [1.29, 1.82) is 0 Å². The van der Waals surface area contributed by atoms with E-state index in [1.54, 1.807) is 36.7 Å². The van der Waals surface area contributed by atoms with Crippen LogP contribution in [0.5, 0.6) is 0 Å². The number of carbonyl (C=O) groups is 1. The molecule has 2 N–H and O–H groups in total. The summed E-state index contributed by atoms with van der Waals surface area (Å²) >= 11 is -1.37. The number of nitrogens with zero attached hydrogens (tertiary/aromatic N) is 3. The zero-order valence-corrected chi connectivity index (χ0v) is 24.1. The minimum atomic E-state index is -1.37. The van der Waals surface area contributed by atoms with Crippen LogP contribution in [-0.2, 0) is 24.5 Å². The molecule has 3 heterocycles. The topological polar surface area (TPSA) is 101 Å². The van der Waals surface area contributed by atoms with Crippen LogP contribution in [0.3, 0.4) is 0 Å². The summed E-state index contributed by atoms with van der Waals surface area (Å²) in [6, 6.07) is 19.4. The average molecular weight is 573 g/mol. The van der Waals surface area contributed by atoms with Crippen molar-refractivity contribution in [2.75, 3.05) is 6.61 Å². The van der Waals surface area contributed by atoms with Gasteiger partial charge < -0.3 is 15.0 Å². The molecule has 2 atom stereocenters. The third kappa shape index (κ3) is 6.18. The fourth-order valence-corrected chi connectivity index (χ4v) is 6.49.